The standard InChI is InChI=1S/C20H17F3N4O/c1-11(13-6-4-3-5-7-13)24-17-10-16(25-12(2)26-17)20(28)27-15-9-8-14(21)18(22)19(15)23/h3-11H,1-2H3,(H,27,28)(H,24,25,26). The van der Waals surface area contributed by atoms with Crippen LogP contribution in [0.25, 0.3) is 0 Å². The normalized spacial score (nSPS) is 11.8. The average Bonchev–Trinajstić information content (AvgIpc) is 2.68. The number of anilines is 2. The molecule has 28 heavy (non-hydrogen) atoms. The zero-order chi connectivity index (χ0) is 20.3. The molecule has 1 unspecified atom stereocenters. The van der Waals surface area contributed by atoms with Crippen molar-refractivity contribution in [3.05, 3.63) is 83.1 Å². The molecule has 0 aliphatic rings. The van der Waals surface area contributed by atoms with Crippen LogP contribution >= 0.6 is 0 Å². The molecule has 2 N–H and O–H groups in total. The number of hydrogen-bond acceptors (Lipinski definition) is 4. The lowest BCUT2D eigenvalue weighted by atomic mass is 10.1. The van der Waals surface area contributed by atoms with Crippen LogP contribution in [0.5, 0.6) is 0 Å². The van der Waals surface area contributed by atoms with Crippen LogP contribution in [-0.4, -0.2) is 15.9 Å². The first-order chi connectivity index (χ1) is 13.3. The first-order valence-corrected chi connectivity index (χ1v) is 8.47. The summed E-state index contributed by atoms with van der Waals surface area (Å²) < 4.78 is 40.2. The van der Waals surface area contributed by atoms with E-state index in [1.54, 1.807) is 6.92 Å². The fraction of sp³-hybridized carbons (Fsp3) is 0.150. The third-order valence-electron chi connectivity index (χ3n) is 4.02. The highest BCUT2D eigenvalue weighted by atomic mass is 19.2. The number of hydrogen-bond donors (Lipinski definition) is 2. The summed E-state index contributed by atoms with van der Waals surface area (Å²) in [5, 5.41) is 5.37. The van der Waals surface area contributed by atoms with E-state index in [1.807, 2.05) is 37.3 Å². The van der Waals surface area contributed by atoms with E-state index >= 15 is 0 Å². The van der Waals surface area contributed by atoms with Crippen LogP contribution in [0.1, 0.15) is 34.8 Å². The number of carbonyl (C=O) groups excluding carboxylic acids is 1. The van der Waals surface area contributed by atoms with E-state index in [0.717, 1.165) is 17.7 Å². The Kier molecular flexibility index (Phi) is 5.58. The Balaban J connectivity index is 1.81. The first-order valence-electron chi connectivity index (χ1n) is 8.47. The largest absolute Gasteiger partial charge is 0.363 e. The number of halogens is 3. The molecule has 0 saturated carbocycles. The van der Waals surface area contributed by atoms with Gasteiger partial charge in [-0.2, -0.15) is 0 Å². The Morgan fingerprint density at radius 3 is 2.43 bits per heavy atom. The molecule has 5 nitrogen and oxygen atoms in total. The van der Waals surface area contributed by atoms with Crippen molar-refractivity contribution >= 4 is 17.4 Å². The number of rotatable bonds is 5. The van der Waals surface area contributed by atoms with Gasteiger partial charge in [0.05, 0.1) is 5.69 Å². The summed E-state index contributed by atoms with van der Waals surface area (Å²) in [4.78, 5) is 20.7. The number of nitrogens with zero attached hydrogens (tertiary/aromatic N) is 2. The molecule has 2 aromatic carbocycles. The van der Waals surface area contributed by atoms with Crippen LogP contribution in [0.2, 0.25) is 0 Å². The van der Waals surface area contributed by atoms with Gasteiger partial charge in [0, 0.05) is 12.1 Å². The molecule has 144 valence electrons. The van der Waals surface area contributed by atoms with Crippen molar-refractivity contribution in [2.75, 3.05) is 10.6 Å². The van der Waals surface area contributed by atoms with Gasteiger partial charge in [0.15, 0.2) is 17.5 Å². The van der Waals surface area contributed by atoms with Gasteiger partial charge < -0.3 is 10.6 Å². The Labute approximate surface area is 159 Å². The van der Waals surface area contributed by atoms with E-state index in [4.69, 9.17) is 0 Å². The van der Waals surface area contributed by atoms with Crippen molar-refractivity contribution in [1.82, 2.24) is 9.97 Å². The predicted molar refractivity (Wildman–Crippen MR) is 99.5 cm³/mol. The molecule has 1 amide bonds. The summed E-state index contributed by atoms with van der Waals surface area (Å²) in [5.74, 6) is -4.52. The van der Waals surface area contributed by atoms with Crippen LogP contribution < -0.4 is 10.6 Å². The van der Waals surface area contributed by atoms with Crippen LogP contribution in [0.15, 0.2) is 48.5 Å². The topological polar surface area (TPSA) is 66.9 Å². The second kappa shape index (κ2) is 8.08. The van der Waals surface area contributed by atoms with Crippen molar-refractivity contribution in [3.8, 4) is 0 Å². The van der Waals surface area contributed by atoms with Gasteiger partial charge in [0.2, 0.25) is 0 Å². The summed E-state index contributed by atoms with van der Waals surface area (Å²) in [6, 6.07) is 12.6. The molecule has 1 heterocycles. The summed E-state index contributed by atoms with van der Waals surface area (Å²) in [6.07, 6.45) is 0. The van der Waals surface area contributed by atoms with E-state index in [2.05, 4.69) is 20.6 Å². The number of amides is 1. The lowest BCUT2D eigenvalue weighted by Crippen LogP contribution is -2.17. The number of aryl methyl sites for hydroxylation is 1. The lowest BCUT2D eigenvalue weighted by Gasteiger charge is -2.16. The minimum atomic E-state index is -1.66. The molecule has 3 aromatic rings. The smallest absolute Gasteiger partial charge is 0.274 e. The van der Waals surface area contributed by atoms with Crippen molar-refractivity contribution in [2.24, 2.45) is 0 Å². The third kappa shape index (κ3) is 4.28. The molecule has 8 heteroatoms. The minimum Gasteiger partial charge on any atom is -0.363 e. The van der Waals surface area contributed by atoms with Crippen LogP contribution in [0.3, 0.4) is 0 Å². The molecule has 1 atom stereocenters. The number of benzene rings is 2. The van der Waals surface area contributed by atoms with Gasteiger partial charge in [0.1, 0.15) is 17.3 Å². The summed E-state index contributed by atoms with van der Waals surface area (Å²) in [6.45, 7) is 3.54. The summed E-state index contributed by atoms with van der Waals surface area (Å²) >= 11 is 0. The van der Waals surface area contributed by atoms with Gasteiger partial charge in [0.25, 0.3) is 5.91 Å². The highest BCUT2D eigenvalue weighted by molar-refractivity contribution is 6.03. The molecule has 0 fully saturated rings. The van der Waals surface area contributed by atoms with E-state index in [9.17, 15) is 18.0 Å². The Morgan fingerprint density at radius 2 is 1.71 bits per heavy atom. The molecule has 0 spiro atoms. The quantitative estimate of drug-likeness (QED) is 0.628. The zero-order valence-corrected chi connectivity index (χ0v) is 15.1. The molecule has 0 bridgehead atoms. The van der Waals surface area contributed by atoms with Crippen LogP contribution in [0.4, 0.5) is 24.7 Å². The maximum Gasteiger partial charge on any atom is 0.274 e. The molecule has 0 radical (unpaired) electrons. The van der Waals surface area contributed by atoms with Crippen LogP contribution in [0, 0.1) is 24.4 Å². The highest BCUT2D eigenvalue weighted by Gasteiger charge is 2.18. The fourth-order valence-electron chi connectivity index (χ4n) is 2.61. The summed E-state index contributed by atoms with van der Waals surface area (Å²) in [5.41, 5.74) is 0.500. The molecule has 3 rings (SSSR count). The van der Waals surface area contributed by atoms with Crippen molar-refractivity contribution in [2.45, 2.75) is 19.9 Å². The minimum absolute atomic E-state index is 0.0422. The van der Waals surface area contributed by atoms with E-state index < -0.39 is 29.0 Å². The Bertz CT molecular complexity index is 1010. The molecular formula is C20H17F3N4O. The van der Waals surface area contributed by atoms with E-state index in [1.165, 1.54) is 6.07 Å². The maximum absolute atomic E-state index is 13.8. The predicted octanol–water partition coefficient (Wildman–Crippen LogP) is 4.63. The molecular weight excluding hydrogens is 369 g/mol. The van der Waals surface area contributed by atoms with Crippen LogP contribution in [-0.2, 0) is 0 Å². The molecule has 1 aromatic heterocycles. The van der Waals surface area contributed by atoms with Gasteiger partial charge in [-0.05, 0) is 31.5 Å². The van der Waals surface area contributed by atoms with Gasteiger partial charge in [-0.3, -0.25) is 4.79 Å². The number of nitrogens with one attached hydrogen (secondary N) is 2. The second-order valence-electron chi connectivity index (χ2n) is 6.14. The third-order valence-corrected chi connectivity index (χ3v) is 4.02. The van der Waals surface area contributed by atoms with Crippen molar-refractivity contribution in [1.29, 1.82) is 0 Å². The Morgan fingerprint density at radius 1 is 1.00 bits per heavy atom. The molecule has 0 aliphatic carbocycles. The average molecular weight is 386 g/mol. The molecule has 0 aliphatic heterocycles. The van der Waals surface area contributed by atoms with Gasteiger partial charge in [-0.25, -0.2) is 23.1 Å². The highest BCUT2D eigenvalue weighted by Crippen LogP contribution is 2.21. The van der Waals surface area contributed by atoms with E-state index in [-0.39, 0.29) is 11.7 Å². The summed E-state index contributed by atoms with van der Waals surface area (Å²) in [7, 11) is 0. The lowest BCUT2D eigenvalue weighted by molar-refractivity contribution is 0.102. The van der Waals surface area contributed by atoms with Gasteiger partial charge in [-0.15, -0.1) is 0 Å². The van der Waals surface area contributed by atoms with Crippen molar-refractivity contribution in [3.63, 3.8) is 0 Å². The first kappa shape index (κ1) is 19.3. The van der Waals surface area contributed by atoms with Gasteiger partial charge >= 0.3 is 0 Å². The zero-order valence-electron chi connectivity index (χ0n) is 15.1. The monoisotopic (exact) mass is 386 g/mol. The van der Waals surface area contributed by atoms with E-state index in [0.29, 0.717) is 11.6 Å². The Hall–Kier alpha value is -3.42. The fourth-order valence-corrected chi connectivity index (χ4v) is 2.61. The SMILES string of the molecule is Cc1nc(NC(C)c2ccccc2)cc(C(=O)Nc2ccc(F)c(F)c2F)n1. The number of carbonyl (C=O) groups is 1. The van der Waals surface area contributed by atoms with Crippen molar-refractivity contribution < 1.29 is 18.0 Å². The molecule has 0 saturated heterocycles. The second-order valence-corrected chi connectivity index (χ2v) is 6.14. The van der Waals surface area contributed by atoms with Gasteiger partial charge in [-0.1, -0.05) is 30.3 Å². The maximum atomic E-state index is 13.8. The number of aromatic nitrogens is 2.